The van der Waals surface area contributed by atoms with E-state index in [-0.39, 0.29) is 0 Å². The van der Waals surface area contributed by atoms with Gasteiger partial charge in [0, 0.05) is 32.4 Å². The molecule has 0 bridgehead atoms. The van der Waals surface area contributed by atoms with Gasteiger partial charge in [-0.1, -0.05) is 18.3 Å². The lowest BCUT2D eigenvalue weighted by Gasteiger charge is -2.36. The third kappa shape index (κ3) is 2.92. The summed E-state index contributed by atoms with van der Waals surface area (Å²) in [6.45, 7) is 3.44. The normalized spacial score (nSPS) is 15.0. The van der Waals surface area contributed by atoms with E-state index in [1.165, 1.54) is 0 Å². The molecule has 3 heterocycles. The average molecular weight is 300 g/mol. The predicted octanol–water partition coefficient (Wildman–Crippen LogP) is 0.832. The Kier molecular flexibility index (Phi) is 3.92. The molecule has 2 N–H and O–H groups in total. The van der Waals surface area contributed by atoms with Crippen molar-refractivity contribution in [3.8, 4) is 0 Å². The number of aromatic nitrogens is 3. The Morgan fingerprint density at radius 2 is 1.81 bits per heavy atom. The molecule has 1 aliphatic heterocycles. The van der Waals surface area contributed by atoms with Gasteiger partial charge in [-0.3, -0.25) is 0 Å². The molecule has 0 spiro atoms. The summed E-state index contributed by atoms with van der Waals surface area (Å²) < 4.78 is 0. The van der Waals surface area contributed by atoms with Crippen molar-refractivity contribution < 1.29 is 0 Å². The zero-order valence-corrected chi connectivity index (χ0v) is 12.3. The number of nitrogens with two attached hydrogens (primary N) is 1. The van der Waals surface area contributed by atoms with Crippen LogP contribution in [0.3, 0.4) is 0 Å². The highest BCUT2D eigenvalue weighted by atomic mass is 32.1. The van der Waals surface area contributed by atoms with Crippen molar-refractivity contribution in [3.63, 3.8) is 0 Å². The van der Waals surface area contributed by atoms with Crippen molar-refractivity contribution in [2.45, 2.75) is 0 Å². The highest BCUT2D eigenvalue weighted by Gasteiger charge is 2.21. The van der Waals surface area contributed by atoms with Gasteiger partial charge in [0.1, 0.15) is 10.8 Å². The molecule has 108 valence electrons. The lowest BCUT2D eigenvalue weighted by Crippen LogP contribution is -2.47. The number of piperazine rings is 1. The van der Waals surface area contributed by atoms with Crippen LogP contribution in [0.5, 0.6) is 0 Å². The Balaban J connectivity index is 1.73. The quantitative estimate of drug-likeness (QED) is 0.842. The van der Waals surface area contributed by atoms with Gasteiger partial charge in [-0.25, -0.2) is 4.98 Å². The molecule has 2 aromatic heterocycles. The van der Waals surface area contributed by atoms with Gasteiger partial charge in [-0.2, -0.15) is 5.10 Å². The highest BCUT2D eigenvalue weighted by Crippen LogP contribution is 2.20. The van der Waals surface area contributed by atoms with Crippen LogP contribution in [0.15, 0.2) is 36.7 Å². The van der Waals surface area contributed by atoms with Gasteiger partial charge in [-0.15, -0.1) is 5.10 Å². The number of anilines is 2. The minimum atomic E-state index is 0.354. The molecule has 7 heteroatoms. The van der Waals surface area contributed by atoms with Crippen LogP contribution in [-0.4, -0.2) is 46.3 Å². The molecule has 21 heavy (non-hydrogen) atoms. The van der Waals surface area contributed by atoms with Crippen LogP contribution in [0.25, 0.3) is 0 Å². The van der Waals surface area contributed by atoms with Crippen molar-refractivity contribution in [1.29, 1.82) is 0 Å². The van der Waals surface area contributed by atoms with E-state index < -0.39 is 0 Å². The van der Waals surface area contributed by atoms with Crippen LogP contribution in [0.2, 0.25) is 0 Å². The molecule has 0 aliphatic carbocycles. The van der Waals surface area contributed by atoms with Gasteiger partial charge in [0.25, 0.3) is 0 Å². The molecule has 1 fully saturated rings. The van der Waals surface area contributed by atoms with E-state index in [2.05, 4.69) is 25.0 Å². The Labute approximate surface area is 128 Å². The first-order valence-corrected chi connectivity index (χ1v) is 7.19. The molecule has 0 unspecified atom stereocenters. The van der Waals surface area contributed by atoms with Gasteiger partial charge >= 0.3 is 0 Å². The maximum absolute atomic E-state index is 5.76. The molecule has 0 amide bonds. The van der Waals surface area contributed by atoms with E-state index in [1.54, 1.807) is 6.20 Å². The summed E-state index contributed by atoms with van der Waals surface area (Å²) in [5.41, 5.74) is 6.54. The van der Waals surface area contributed by atoms with Gasteiger partial charge < -0.3 is 15.5 Å². The summed E-state index contributed by atoms with van der Waals surface area (Å²) in [6, 6.07) is 7.77. The standard InChI is InChI=1S/C14H16N6S/c15-13(21)11-4-6-17-18-14(11)20-9-7-19(8-10-20)12-3-1-2-5-16-12/h1-6H,7-10H2,(H2,15,21). The first-order chi connectivity index (χ1) is 10.3. The monoisotopic (exact) mass is 300 g/mol. The highest BCUT2D eigenvalue weighted by molar-refractivity contribution is 7.80. The van der Waals surface area contributed by atoms with Crippen LogP contribution in [0.4, 0.5) is 11.6 Å². The minimum Gasteiger partial charge on any atom is -0.389 e. The fourth-order valence-corrected chi connectivity index (χ4v) is 2.60. The van der Waals surface area contributed by atoms with E-state index in [0.717, 1.165) is 43.4 Å². The van der Waals surface area contributed by atoms with Gasteiger partial charge in [-0.05, 0) is 18.2 Å². The van der Waals surface area contributed by atoms with E-state index in [4.69, 9.17) is 18.0 Å². The summed E-state index contributed by atoms with van der Waals surface area (Å²) in [4.78, 5) is 9.16. The van der Waals surface area contributed by atoms with Crippen LogP contribution >= 0.6 is 12.2 Å². The number of thiocarbonyl (C=S) groups is 1. The zero-order chi connectivity index (χ0) is 14.7. The molecule has 1 saturated heterocycles. The van der Waals surface area contributed by atoms with Crippen molar-refractivity contribution in [2.75, 3.05) is 36.0 Å². The number of rotatable bonds is 3. The number of hydrogen-bond donors (Lipinski definition) is 1. The summed E-state index contributed by atoms with van der Waals surface area (Å²) in [7, 11) is 0. The molecule has 0 saturated carbocycles. The summed E-state index contributed by atoms with van der Waals surface area (Å²) in [6.07, 6.45) is 3.43. The van der Waals surface area contributed by atoms with Crippen LogP contribution in [0, 0.1) is 0 Å². The fraction of sp³-hybridized carbons (Fsp3) is 0.286. The third-order valence-electron chi connectivity index (χ3n) is 3.52. The zero-order valence-electron chi connectivity index (χ0n) is 11.5. The topological polar surface area (TPSA) is 71.2 Å². The molecular formula is C14H16N6S. The van der Waals surface area contributed by atoms with E-state index in [0.29, 0.717) is 4.99 Å². The summed E-state index contributed by atoms with van der Waals surface area (Å²) in [5.74, 6) is 1.77. The number of hydrogen-bond acceptors (Lipinski definition) is 6. The van der Waals surface area contributed by atoms with Gasteiger partial charge in [0.15, 0.2) is 5.82 Å². The van der Waals surface area contributed by atoms with E-state index in [1.807, 2.05) is 30.5 Å². The second-order valence-corrected chi connectivity index (χ2v) is 5.23. The molecule has 0 aromatic carbocycles. The van der Waals surface area contributed by atoms with Crippen LogP contribution < -0.4 is 15.5 Å². The van der Waals surface area contributed by atoms with Gasteiger partial charge in [0.05, 0.1) is 11.8 Å². The SMILES string of the molecule is NC(=S)c1ccnnc1N1CCN(c2ccccn2)CC1. The Hall–Kier alpha value is -2.28. The van der Waals surface area contributed by atoms with Crippen molar-refractivity contribution in [1.82, 2.24) is 15.2 Å². The molecular weight excluding hydrogens is 284 g/mol. The second kappa shape index (κ2) is 6.01. The first-order valence-electron chi connectivity index (χ1n) is 6.78. The van der Waals surface area contributed by atoms with Crippen LogP contribution in [-0.2, 0) is 0 Å². The van der Waals surface area contributed by atoms with Crippen molar-refractivity contribution >= 4 is 28.8 Å². The van der Waals surface area contributed by atoms with Crippen LogP contribution in [0.1, 0.15) is 5.56 Å². The molecule has 2 aromatic rings. The lowest BCUT2D eigenvalue weighted by atomic mass is 10.2. The number of pyridine rings is 1. The first kappa shape index (κ1) is 13.7. The molecule has 0 atom stereocenters. The summed E-state index contributed by atoms with van der Waals surface area (Å²) >= 11 is 5.08. The second-order valence-electron chi connectivity index (χ2n) is 4.79. The van der Waals surface area contributed by atoms with E-state index in [9.17, 15) is 0 Å². The smallest absolute Gasteiger partial charge is 0.161 e. The number of nitrogens with zero attached hydrogens (tertiary/aromatic N) is 5. The van der Waals surface area contributed by atoms with Gasteiger partial charge in [0.2, 0.25) is 0 Å². The Bertz CT molecular complexity index is 624. The largest absolute Gasteiger partial charge is 0.389 e. The molecule has 0 radical (unpaired) electrons. The fourth-order valence-electron chi connectivity index (χ4n) is 2.44. The molecule has 6 nitrogen and oxygen atoms in total. The Morgan fingerprint density at radius 1 is 1.05 bits per heavy atom. The third-order valence-corrected chi connectivity index (χ3v) is 3.74. The van der Waals surface area contributed by atoms with E-state index >= 15 is 0 Å². The average Bonchev–Trinajstić information content (AvgIpc) is 2.56. The molecule has 3 rings (SSSR count). The van der Waals surface area contributed by atoms with Crippen molar-refractivity contribution in [2.24, 2.45) is 5.73 Å². The van der Waals surface area contributed by atoms with Crippen molar-refractivity contribution in [3.05, 3.63) is 42.2 Å². The minimum absolute atomic E-state index is 0.354. The maximum Gasteiger partial charge on any atom is 0.161 e. The maximum atomic E-state index is 5.76. The summed E-state index contributed by atoms with van der Waals surface area (Å²) in [5, 5.41) is 8.14. The lowest BCUT2D eigenvalue weighted by molar-refractivity contribution is 0.638. The molecule has 1 aliphatic rings. The predicted molar refractivity (Wildman–Crippen MR) is 86.6 cm³/mol. The Morgan fingerprint density at radius 3 is 2.48 bits per heavy atom.